The zero-order valence-corrected chi connectivity index (χ0v) is 12.1. The van der Waals surface area contributed by atoms with Crippen molar-refractivity contribution in [3.63, 3.8) is 0 Å². The average molecular weight is 247 g/mol. The lowest BCUT2D eigenvalue weighted by molar-refractivity contribution is -0.120. The highest BCUT2D eigenvalue weighted by atomic mass is 16.1. The van der Waals surface area contributed by atoms with Crippen LogP contribution in [0, 0.1) is 5.92 Å². The van der Waals surface area contributed by atoms with Crippen molar-refractivity contribution >= 4 is 11.5 Å². The van der Waals surface area contributed by atoms with E-state index >= 15 is 0 Å². The largest absolute Gasteiger partial charge is 0.375 e. The molecule has 0 aliphatic rings. The number of Topliss-reactive ketones (excluding diaryl/α,β-unsaturated/α-hetero) is 1. The van der Waals surface area contributed by atoms with E-state index in [2.05, 4.69) is 50.1 Å². The summed E-state index contributed by atoms with van der Waals surface area (Å²) in [5.74, 6) is 0.497. The van der Waals surface area contributed by atoms with Crippen molar-refractivity contribution in [1.82, 2.24) is 0 Å². The Morgan fingerprint density at radius 2 is 1.83 bits per heavy atom. The van der Waals surface area contributed by atoms with E-state index < -0.39 is 0 Å². The lowest BCUT2D eigenvalue weighted by Gasteiger charge is -2.18. The second-order valence-corrected chi connectivity index (χ2v) is 4.98. The van der Waals surface area contributed by atoms with Crippen LogP contribution in [0.25, 0.3) is 0 Å². The third-order valence-corrected chi connectivity index (χ3v) is 3.55. The smallest absolute Gasteiger partial charge is 0.133 e. The number of carbonyl (C=O) groups is 1. The first-order valence-corrected chi connectivity index (χ1v) is 6.89. The number of nitrogens with zero attached hydrogens (tertiary/aromatic N) is 1. The Balaban J connectivity index is 2.70. The van der Waals surface area contributed by atoms with Gasteiger partial charge in [-0.15, -0.1) is 0 Å². The van der Waals surface area contributed by atoms with Crippen molar-refractivity contribution in [2.45, 2.75) is 40.0 Å². The van der Waals surface area contributed by atoms with Crippen LogP contribution in [0.3, 0.4) is 0 Å². The number of ketones is 1. The quantitative estimate of drug-likeness (QED) is 0.732. The summed E-state index contributed by atoms with van der Waals surface area (Å²) in [5.41, 5.74) is 2.49. The molecule has 0 aromatic heterocycles. The molecule has 2 heteroatoms. The molecule has 2 nitrogen and oxygen atoms in total. The van der Waals surface area contributed by atoms with Crippen LogP contribution in [0.15, 0.2) is 24.3 Å². The minimum absolute atomic E-state index is 0.185. The van der Waals surface area contributed by atoms with Crippen molar-refractivity contribution in [3.8, 4) is 0 Å². The van der Waals surface area contributed by atoms with E-state index in [1.807, 2.05) is 0 Å². The second kappa shape index (κ2) is 7.20. The van der Waals surface area contributed by atoms with Crippen LogP contribution in [0.4, 0.5) is 5.69 Å². The molecule has 1 unspecified atom stereocenters. The third-order valence-electron chi connectivity index (χ3n) is 3.55. The van der Waals surface area contributed by atoms with E-state index in [0.717, 1.165) is 25.8 Å². The molecular weight excluding hydrogens is 222 g/mol. The molecule has 0 fully saturated rings. The van der Waals surface area contributed by atoms with E-state index in [4.69, 9.17) is 0 Å². The summed E-state index contributed by atoms with van der Waals surface area (Å²) in [7, 11) is 2.09. The van der Waals surface area contributed by atoms with Gasteiger partial charge in [-0.3, -0.25) is 4.79 Å². The molecule has 0 aliphatic heterocycles. The molecule has 0 bridgehead atoms. The van der Waals surface area contributed by atoms with Crippen LogP contribution >= 0.6 is 0 Å². The summed E-state index contributed by atoms with van der Waals surface area (Å²) in [4.78, 5) is 13.8. The summed E-state index contributed by atoms with van der Waals surface area (Å²) >= 11 is 0. The van der Waals surface area contributed by atoms with Gasteiger partial charge in [0.25, 0.3) is 0 Å². The van der Waals surface area contributed by atoms with Crippen LogP contribution in [-0.2, 0) is 11.2 Å². The predicted octanol–water partition coefficient (Wildman–Crippen LogP) is 3.69. The summed E-state index contributed by atoms with van der Waals surface area (Å²) in [6, 6.07) is 8.57. The molecule has 0 saturated heterocycles. The molecule has 0 N–H and O–H groups in total. The van der Waals surface area contributed by atoms with Crippen molar-refractivity contribution < 1.29 is 4.79 Å². The van der Waals surface area contributed by atoms with E-state index in [0.29, 0.717) is 5.78 Å². The molecular formula is C16H25NO. The number of hydrogen-bond donors (Lipinski definition) is 0. The number of carbonyl (C=O) groups excluding carboxylic acids is 1. The lowest BCUT2D eigenvalue weighted by Crippen LogP contribution is -2.16. The summed E-state index contributed by atoms with van der Waals surface area (Å²) < 4.78 is 0. The molecule has 0 aliphatic carbocycles. The van der Waals surface area contributed by atoms with Gasteiger partial charge in [0.2, 0.25) is 0 Å². The molecule has 0 amide bonds. The first kappa shape index (κ1) is 14.7. The maximum atomic E-state index is 11.6. The van der Waals surface area contributed by atoms with Crippen LogP contribution in [0.5, 0.6) is 0 Å². The number of anilines is 1. The molecule has 18 heavy (non-hydrogen) atoms. The summed E-state index contributed by atoms with van der Waals surface area (Å²) in [6.07, 6.45) is 2.94. The van der Waals surface area contributed by atoms with Gasteiger partial charge in [-0.25, -0.2) is 0 Å². The molecule has 1 atom stereocenters. The van der Waals surface area contributed by atoms with E-state index in [9.17, 15) is 4.79 Å². The molecule has 100 valence electrons. The zero-order chi connectivity index (χ0) is 13.5. The Kier molecular flexibility index (Phi) is 5.90. The fraction of sp³-hybridized carbons (Fsp3) is 0.562. The van der Waals surface area contributed by atoms with Crippen molar-refractivity contribution in [2.75, 3.05) is 18.5 Å². The van der Waals surface area contributed by atoms with Gasteiger partial charge in [0.05, 0.1) is 0 Å². The van der Waals surface area contributed by atoms with Crippen LogP contribution < -0.4 is 4.90 Å². The number of hydrogen-bond acceptors (Lipinski definition) is 2. The highest BCUT2D eigenvalue weighted by Gasteiger charge is 2.13. The van der Waals surface area contributed by atoms with Gasteiger partial charge in [0, 0.05) is 25.2 Å². The predicted molar refractivity (Wildman–Crippen MR) is 78.2 cm³/mol. The van der Waals surface area contributed by atoms with Crippen LogP contribution in [0.1, 0.15) is 39.2 Å². The topological polar surface area (TPSA) is 20.3 Å². The lowest BCUT2D eigenvalue weighted by atomic mass is 9.92. The van der Waals surface area contributed by atoms with Crippen LogP contribution in [-0.4, -0.2) is 19.4 Å². The summed E-state index contributed by atoms with van der Waals surface area (Å²) in [5, 5.41) is 0. The van der Waals surface area contributed by atoms with Gasteiger partial charge in [-0.1, -0.05) is 25.5 Å². The van der Waals surface area contributed by atoms with Gasteiger partial charge in [-0.05, 0) is 44.4 Å². The Morgan fingerprint density at radius 3 is 2.28 bits per heavy atom. The standard InChI is InChI=1S/C16H25NO/c1-5-7-15(13(3)18)12-14-8-10-16(11-9-14)17(4)6-2/h8-11,15H,5-7,12H2,1-4H3. The number of benzene rings is 1. The van der Waals surface area contributed by atoms with Crippen molar-refractivity contribution in [2.24, 2.45) is 5.92 Å². The Hall–Kier alpha value is -1.31. The zero-order valence-electron chi connectivity index (χ0n) is 12.1. The molecule has 1 aromatic rings. The molecule has 1 aromatic carbocycles. The van der Waals surface area contributed by atoms with Gasteiger partial charge < -0.3 is 4.90 Å². The molecule has 1 rings (SSSR count). The van der Waals surface area contributed by atoms with Crippen molar-refractivity contribution in [3.05, 3.63) is 29.8 Å². The minimum Gasteiger partial charge on any atom is -0.375 e. The Labute approximate surface area is 111 Å². The normalized spacial score (nSPS) is 12.2. The molecule has 0 heterocycles. The minimum atomic E-state index is 0.185. The van der Waals surface area contributed by atoms with Gasteiger partial charge in [0.15, 0.2) is 0 Å². The number of rotatable bonds is 7. The fourth-order valence-corrected chi connectivity index (χ4v) is 2.15. The Morgan fingerprint density at radius 1 is 1.22 bits per heavy atom. The molecule has 0 saturated carbocycles. The van der Waals surface area contributed by atoms with Gasteiger partial charge in [-0.2, -0.15) is 0 Å². The maximum Gasteiger partial charge on any atom is 0.133 e. The van der Waals surface area contributed by atoms with E-state index in [1.54, 1.807) is 6.92 Å². The maximum absolute atomic E-state index is 11.6. The van der Waals surface area contributed by atoms with Gasteiger partial charge in [0.1, 0.15) is 5.78 Å². The van der Waals surface area contributed by atoms with Crippen molar-refractivity contribution in [1.29, 1.82) is 0 Å². The summed E-state index contributed by atoms with van der Waals surface area (Å²) in [6.45, 7) is 6.99. The average Bonchev–Trinajstić information content (AvgIpc) is 2.38. The van der Waals surface area contributed by atoms with E-state index in [-0.39, 0.29) is 5.92 Å². The molecule has 0 spiro atoms. The third kappa shape index (κ3) is 4.17. The first-order chi connectivity index (χ1) is 8.58. The highest BCUT2D eigenvalue weighted by molar-refractivity contribution is 5.78. The Bertz CT molecular complexity index is 369. The molecule has 0 radical (unpaired) electrons. The SMILES string of the molecule is CCCC(Cc1ccc(N(C)CC)cc1)C(C)=O. The highest BCUT2D eigenvalue weighted by Crippen LogP contribution is 2.18. The first-order valence-electron chi connectivity index (χ1n) is 6.89. The fourth-order valence-electron chi connectivity index (χ4n) is 2.15. The second-order valence-electron chi connectivity index (χ2n) is 4.98. The van der Waals surface area contributed by atoms with E-state index in [1.165, 1.54) is 11.3 Å². The van der Waals surface area contributed by atoms with Gasteiger partial charge >= 0.3 is 0 Å². The monoisotopic (exact) mass is 247 g/mol. The van der Waals surface area contributed by atoms with Crippen LogP contribution in [0.2, 0.25) is 0 Å².